The zero-order chi connectivity index (χ0) is 22.3. The molecule has 11 heteroatoms. The van der Waals surface area contributed by atoms with Crippen LogP contribution in [0.5, 0.6) is 5.75 Å². The predicted octanol–water partition coefficient (Wildman–Crippen LogP) is 4.31. The molecule has 0 saturated heterocycles. The SMILES string of the molecule is OCCCNc1cc(-c2ccnc(Nc3cccc(OC(F)(F)C(F)F)c3)n2)ccn1. The zero-order valence-electron chi connectivity index (χ0n) is 16.1. The summed E-state index contributed by atoms with van der Waals surface area (Å²) in [5, 5.41) is 14.8. The molecule has 0 atom stereocenters. The molecule has 0 saturated carbocycles. The second-order valence-corrected chi connectivity index (χ2v) is 6.32. The molecule has 7 nitrogen and oxygen atoms in total. The third kappa shape index (κ3) is 6.25. The Morgan fingerprint density at radius 1 is 1.06 bits per heavy atom. The van der Waals surface area contributed by atoms with Crippen molar-refractivity contribution in [1.82, 2.24) is 15.0 Å². The summed E-state index contributed by atoms with van der Waals surface area (Å²) in [5.74, 6) is 0.352. The number of alkyl halides is 4. The summed E-state index contributed by atoms with van der Waals surface area (Å²) in [4.78, 5) is 12.7. The van der Waals surface area contributed by atoms with E-state index in [9.17, 15) is 17.6 Å². The van der Waals surface area contributed by atoms with Gasteiger partial charge < -0.3 is 20.5 Å². The predicted molar refractivity (Wildman–Crippen MR) is 107 cm³/mol. The number of aliphatic hydroxyl groups excluding tert-OH is 1. The number of hydrogen-bond donors (Lipinski definition) is 3. The number of nitrogens with zero attached hydrogens (tertiary/aromatic N) is 3. The monoisotopic (exact) mass is 437 g/mol. The third-order valence-corrected chi connectivity index (χ3v) is 3.95. The van der Waals surface area contributed by atoms with Crippen LogP contribution in [-0.4, -0.2) is 45.7 Å². The highest BCUT2D eigenvalue weighted by Crippen LogP contribution is 2.29. The molecule has 0 amide bonds. The van der Waals surface area contributed by atoms with Crippen molar-refractivity contribution in [2.45, 2.75) is 19.0 Å². The van der Waals surface area contributed by atoms with Crippen LogP contribution >= 0.6 is 0 Å². The van der Waals surface area contributed by atoms with Crippen LogP contribution in [0.3, 0.4) is 0 Å². The Balaban J connectivity index is 1.74. The summed E-state index contributed by atoms with van der Waals surface area (Å²) in [6, 6.07) is 10.4. The first-order valence-electron chi connectivity index (χ1n) is 9.23. The summed E-state index contributed by atoms with van der Waals surface area (Å²) in [7, 11) is 0. The maximum absolute atomic E-state index is 13.1. The van der Waals surface area contributed by atoms with Crippen LogP contribution in [0.15, 0.2) is 54.9 Å². The molecule has 0 unspecified atom stereocenters. The van der Waals surface area contributed by atoms with Crippen molar-refractivity contribution in [1.29, 1.82) is 0 Å². The van der Waals surface area contributed by atoms with Gasteiger partial charge in [0, 0.05) is 42.9 Å². The number of pyridine rings is 1. The van der Waals surface area contributed by atoms with E-state index in [1.165, 1.54) is 18.3 Å². The number of hydrogen-bond acceptors (Lipinski definition) is 7. The molecule has 31 heavy (non-hydrogen) atoms. The Morgan fingerprint density at radius 3 is 2.65 bits per heavy atom. The van der Waals surface area contributed by atoms with Gasteiger partial charge in [-0.3, -0.25) is 0 Å². The molecule has 2 aromatic heterocycles. The van der Waals surface area contributed by atoms with E-state index in [1.807, 2.05) is 0 Å². The van der Waals surface area contributed by atoms with Crippen LogP contribution < -0.4 is 15.4 Å². The van der Waals surface area contributed by atoms with Crippen molar-refractivity contribution >= 4 is 17.5 Å². The van der Waals surface area contributed by atoms with E-state index in [-0.39, 0.29) is 18.2 Å². The van der Waals surface area contributed by atoms with Gasteiger partial charge in [-0.1, -0.05) is 6.07 Å². The number of benzene rings is 1. The summed E-state index contributed by atoms with van der Waals surface area (Å²) < 4.78 is 55.0. The van der Waals surface area contributed by atoms with Gasteiger partial charge in [0.2, 0.25) is 5.95 Å². The maximum atomic E-state index is 13.1. The van der Waals surface area contributed by atoms with Gasteiger partial charge in [-0.2, -0.15) is 17.6 Å². The van der Waals surface area contributed by atoms with Crippen LogP contribution in [-0.2, 0) is 0 Å². The van der Waals surface area contributed by atoms with E-state index >= 15 is 0 Å². The minimum Gasteiger partial charge on any atom is -0.428 e. The van der Waals surface area contributed by atoms with Crippen molar-refractivity contribution in [3.63, 3.8) is 0 Å². The van der Waals surface area contributed by atoms with Gasteiger partial charge in [0.15, 0.2) is 0 Å². The van der Waals surface area contributed by atoms with Crippen molar-refractivity contribution in [3.05, 3.63) is 54.9 Å². The lowest BCUT2D eigenvalue weighted by Crippen LogP contribution is -2.33. The Morgan fingerprint density at radius 2 is 1.87 bits per heavy atom. The molecule has 3 rings (SSSR count). The van der Waals surface area contributed by atoms with Gasteiger partial charge in [-0.15, -0.1) is 0 Å². The van der Waals surface area contributed by atoms with Crippen LogP contribution in [0.2, 0.25) is 0 Å². The third-order valence-electron chi connectivity index (χ3n) is 3.95. The second kappa shape index (κ2) is 10.0. The second-order valence-electron chi connectivity index (χ2n) is 6.32. The van der Waals surface area contributed by atoms with Crippen LogP contribution in [0, 0.1) is 0 Å². The van der Waals surface area contributed by atoms with Crippen molar-refractivity contribution in [2.24, 2.45) is 0 Å². The highest BCUT2D eigenvalue weighted by Gasteiger charge is 2.43. The maximum Gasteiger partial charge on any atom is 0.461 e. The summed E-state index contributed by atoms with van der Waals surface area (Å²) in [5.41, 5.74) is 1.60. The Labute approximate surface area is 175 Å². The molecule has 0 fully saturated rings. The van der Waals surface area contributed by atoms with Crippen molar-refractivity contribution < 1.29 is 27.4 Å². The van der Waals surface area contributed by atoms with E-state index in [2.05, 4.69) is 30.3 Å². The first-order valence-corrected chi connectivity index (χ1v) is 9.23. The molecule has 0 spiro atoms. The largest absolute Gasteiger partial charge is 0.461 e. The standard InChI is InChI=1S/C20H19F4N5O2/c21-18(22)20(23,24)31-15-4-1-3-14(12-15)28-19-27-9-6-16(29-19)13-5-8-26-17(11-13)25-7-2-10-30/h1,3-6,8-9,11-12,18,30H,2,7,10H2,(H,25,26)(H,27,28,29). The molecule has 164 valence electrons. The van der Waals surface area contributed by atoms with Crippen LogP contribution in [0.1, 0.15) is 6.42 Å². The highest BCUT2D eigenvalue weighted by atomic mass is 19.3. The smallest absolute Gasteiger partial charge is 0.428 e. The molecular weight excluding hydrogens is 418 g/mol. The summed E-state index contributed by atoms with van der Waals surface area (Å²) in [6.45, 7) is 0.631. The quantitative estimate of drug-likeness (QED) is 0.322. The lowest BCUT2D eigenvalue weighted by Gasteiger charge is -2.17. The fourth-order valence-corrected chi connectivity index (χ4v) is 2.53. The Bertz CT molecular complexity index is 1010. The molecule has 2 heterocycles. The van der Waals surface area contributed by atoms with Gasteiger partial charge in [0.25, 0.3) is 0 Å². The molecule has 0 aliphatic heterocycles. The molecule has 3 aromatic rings. The molecule has 0 radical (unpaired) electrons. The first kappa shape index (κ1) is 22.2. The topological polar surface area (TPSA) is 92.2 Å². The van der Waals surface area contributed by atoms with Crippen molar-refractivity contribution in [2.75, 3.05) is 23.8 Å². The van der Waals surface area contributed by atoms with E-state index in [1.54, 1.807) is 24.4 Å². The molecule has 0 bridgehead atoms. The van der Waals surface area contributed by atoms with Crippen LogP contribution in [0.4, 0.5) is 35.0 Å². The normalized spacial score (nSPS) is 11.4. The molecular formula is C20H19F4N5O2. The van der Waals surface area contributed by atoms with Crippen molar-refractivity contribution in [3.8, 4) is 17.0 Å². The number of halogens is 4. The van der Waals surface area contributed by atoms with E-state index in [0.29, 0.717) is 24.5 Å². The highest BCUT2D eigenvalue weighted by molar-refractivity contribution is 5.65. The van der Waals surface area contributed by atoms with Crippen LogP contribution in [0.25, 0.3) is 11.3 Å². The van der Waals surface area contributed by atoms with Gasteiger partial charge in [0.05, 0.1) is 5.69 Å². The molecule has 1 aromatic carbocycles. The molecule has 0 aliphatic rings. The number of anilines is 3. The number of rotatable bonds is 10. The number of aliphatic hydroxyl groups is 1. The average molecular weight is 437 g/mol. The number of ether oxygens (including phenoxy) is 1. The fourth-order valence-electron chi connectivity index (χ4n) is 2.53. The zero-order valence-corrected chi connectivity index (χ0v) is 16.1. The Hall–Kier alpha value is -3.47. The van der Waals surface area contributed by atoms with Gasteiger partial charge in [0.1, 0.15) is 11.6 Å². The van der Waals surface area contributed by atoms with E-state index in [0.717, 1.165) is 17.7 Å². The minimum absolute atomic E-state index is 0.0691. The van der Waals surface area contributed by atoms with Gasteiger partial charge in [-0.05, 0) is 36.8 Å². The van der Waals surface area contributed by atoms with Gasteiger partial charge in [-0.25, -0.2) is 15.0 Å². The average Bonchev–Trinajstić information content (AvgIpc) is 2.74. The van der Waals surface area contributed by atoms with E-state index in [4.69, 9.17) is 5.11 Å². The molecule has 0 aliphatic carbocycles. The van der Waals surface area contributed by atoms with Gasteiger partial charge >= 0.3 is 12.5 Å². The summed E-state index contributed by atoms with van der Waals surface area (Å²) >= 11 is 0. The lowest BCUT2D eigenvalue weighted by molar-refractivity contribution is -0.253. The fraction of sp³-hybridized carbons (Fsp3) is 0.250. The number of aromatic nitrogens is 3. The summed E-state index contributed by atoms with van der Waals surface area (Å²) in [6.07, 6.45) is -4.85. The first-order chi connectivity index (χ1) is 14.9. The lowest BCUT2D eigenvalue weighted by atomic mass is 10.2. The minimum atomic E-state index is -4.60. The Kier molecular flexibility index (Phi) is 7.19. The number of nitrogens with one attached hydrogen (secondary N) is 2. The molecule has 3 N–H and O–H groups in total. The van der Waals surface area contributed by atoms with E-state index < -0.39 is 18.3 Å².